The van der Waals surface area contributed by atoms with Crippen molar-refractivity contribution in [1.82, 2.24) is 9.80 Å². The Morgan fingerprint density at radius 3 is 2.04 bits per heavy atom. The number of carbonyl (C=O) groups excluding carboxylic acids is 2. The molecule has 0 unspecified atom stereocenters. The van der Waals surface area contributed by atoms with E-state index in [0.717, 1.165) is 30.8 Å². The van der Waals surface area contributed by atoms with Crippen LogP contribution in [0, 0.1) is 5.92 Å². The molecular formula is C21H32N2O3. The molecule has 0 aromatic heterocycles. The van der Waals surface area contributed by atoms with Crippen molar-refractivity contribution in [2.45, 2.75) is 53.1 Å². The maximum atomic E-state index is 12.6. The van der Waals surface area contributed by atoms with Crippen LogP contribution in [0.5, 0.6) is 5.75 Å². The van der Waals surface area contributed by atoms with E-state index in [1.54, 1.807) is 0 Å². The monoisotopic (exact) mass is 360 g/mol. The van der Waals surface area contributed by atoms with E-state index >= 15 is 0 Å². The largest absolute Gasteiger partial charge is 0.491 e. The van der Waals surface area contributed by atoms with Gasteiger partial charge in [0.25, 0.3) is 0 Å². The Morgan fingerprint density at radius 2 is 1.50 bits per heavy atom. The van der Waals surface area contributed by atoms with Crippen LogP contribution in [0.3, 0.4) is 0 Å². The molecule has 1 fully saturated rings. The van der Waals surface area contributed by atoms with Gasteiger partial charge in [-0.3, -0.25) is 9.59 Å². The first-order chi connectivity index (χ1) is 12.3. The Kier molecular flexibility index (Phi) is 7.49. The Hall–Kier alpha value is -2.04. The Balaban J connectivity index is 1.87. The lowest BCUT2D eigenvalue weighted by Crippen LogP contribution is -2.38. The third-order valence-corrected chi connectivity index (χ3v) is 4.43. The second-order valence-corrected chi connectivity index (χ2v) is 7.70. The molecule has 2 amide bonds. The summed E-state index contributed by atoms with van der Waals surface area (Å²) < 4.78 is 5.64. The second kappa shape index (κ2) is 9.60. The topological polar surface area (TPSA) is 49.9 Å². The van der Waals surface area contributed by atoms with Crippen molar-refractivity contribution in [2.24, 2.45) is 5.92 Å². The third-order valence-electron chi connectivity index (χ3n) is 4.43. The Morgan fingerprint density at radius 1 is 0.923 bits per heavy atom. The number of hydrogen-bond donors (Lipinski definition) is 0. The molecule has 2 rings (SSSR count). The number of nitrogens with zero attached hydrogens (tertiary/aromatic N) is 2. The fraction of sp³-hybridized carbons (Fsp3) is 0.619. The number of carbonyl (C=O) groups is 2. The molecule has 0 radical (unpaired) electrons. The molecule has 5 nitrogen and oxygen atoms in total. The van der Waals surface area contributed by atoms with Gasteiger partial charge in [0.05, 0.1) is 12.5 Å². The van der Waals surface area contributed by atoms with Gasteiger partial charge in [-0.05, 0) is 43.9 Å². The number of amides is 2. The zero-order valence-electron chi connectivity index (χ0n) is 16.5. The highest BCUT2D eigenvalue weighted by molar-refractivity contribution is 5.79. The molecule has 0 bridgehead atoms. The van der Waals surface area contributed by atoms with E-state index in [4.69, 9.17) is 4.74 Å². The van der Waals surface area contributed by atoms with Crippen LogP contribution in [0.1, 0.15) is 46.1 Å². The maximum absolute atomic E-state index is 12.6. The molecular weight excluding hydrogens is 328 g/mol. The van der Waals surface area contributed by atoms with Crippen molar-refractivity contribution in [2.75, 3.05) is 26.2 Å². The molecule has 0 aliphatic carbocycles. The molecule has 5 heteroatoms. The molecule has 0 saturated carbocycles. The predicted molar refractivity (Wildman–Crippen MR) is 103 cm³/mol. The van der Waals surface area contributed by atoms with Crippen molar-refractivity contribution in [1.29, 1.82) is 0 Å². The molecule has 1 aromatic rings. The van der Waals surface area contributed by atoms with Crippen molar-refractivity contribution >= 4 is 11.8 Å². The van der Waals surface area contributed by atoms with E-state index in [9.17, 15) is 9.59 Å². The first kappa shape index (κ1) is 20.3. The van der Waals surface area contributed by atoms with Gasteiger partial charge in [0.15, 0.2) is 0 Å². The fourth-order valence-corrected chi connectivity index (χ4v) is 3.14. The van der Waals surface area contributed by atoms with Crippen molar-refractivity contribution in [3.8, 4) is 5.75 Å². The molecule has 0 spiro atoms. The van der Waals surface area contributed by atoms with Crippen LogP contribution in [0.15, 0.2) is 24.3 Å². The first-order valence-electron chi connectivity index (χ1n) is 9.66. The lowest BCUT2D eigenvalue weighted by Gasteiger charge is -2.23. The quantitative estimate of drug-likeness (QED) is 0.783. The summed E-state index contributed by atoms with van der Waals surface area (Å²) in [6, 6.07) is 7.73. The van der Waals surface area contributed by atoms with Crippen molar-refractivity contribution < 1.29 is 14.3 Å². The lowest BCUT2D eigenvalue weighted by atomic mass is 10.1. The smallest absolute Gasteiger partial charge is 0.227 e. The average molecular weight is 360 g/mol. The van der Waals surface area contributed by atoms with Crippen LogP contribution < -0.4 is 4.74 Å². The highest BCUT2D eigenvalue weighted by Crippen LogP contribution is 2.15. The van der Waals surface area contributed by atoms with Crippen molar-refractivity contribution in [3.63, 3.8) is 0 Å². The molecule has 1 aliphatic rings. The second-order valence-electron chi connectivity index (χ2n) is 7.70. The maximum Gasteiger partial charge on any atom is 0.227 e. The fourth-order valence-electron chi connectivity index (χ4n) is 3.14. The zero-order valence-corrected chi connectivity index (χ0v) is 16.5. The summed E-state index contributed by atoms with van der Waals surface area (Å²) in [5, 5.41) is 0. The predicted octanol–water partition coefficient (Wildman–Crippen LogP) is 3.12. The van der Waals surface area contributed by atoms with Crippen LogP contribution in [0.4, 0.5) is 0 Å². The van der Waals surface area contributed by atoms with E-state index in [0.29, 0.717) is 31.8 Å². The number of ether oxygens (including phenoxy) is 1. The molecule has 1 saturated heterocycles. The summed E-state index contributed by atoms with van der Waals surface area (Å²) in [6.07, 6.45) is 1.96. The molecule has 0 atom stereocenters. The van der Waals surface area contributed by atoms with Crippen LogP contribution >= 0.6 is 0 Å². The van der Waals surface area contributed by atoms with E-state index in [-0.39, 0.29) is 17.9 Å². The van der Waals surface area contributed by atoms with Crippen LogP contribution in [0.2, 0.25) is 0 Å². The standard InChI is InChI=1S/C21H32N2O3/c1-16(2)14-20(24)22-10-5-11-23(13-12-22)21(25)15-18-6-8-19(9-7-18)26-17(3)4/h6-9,16-17H,5,10-15H2,1-4H3. The van der Waals surface area contributed by atoms with Gasteiger partial charge in [0.2, 0.25) is 11.8 Å². The van der Waals surface area contributed by atoms with Gasteiger partial charge >= 0.3 is 0 Å². The van der Waals surface area contributed by atoms with E-state index in [1.165, 1.54) is 0 Å². The van der Waals surface area contributed by atoms with Gasteiger partial charge in [-0.1, -0.05) is 26.0 Å². The highest BCUT2D eigenvalue weighted by atomic mass is 16.5. The summed E-state index contributed by atoms with van der Waals surface area (Å²) in [5.41, 5.74) is 0.989. The SMILES string of the molecule is CC(C)CC(=O)N1CCCN(C(=O)Cc2ccc(OC(C)C)cc2)CC1. The molecule has 0 N–H and O–H groups in total. The van der Waals surface area contributed by atoms with Gasteiger partial charge in [-0.25, -0.2) is 0 Å². The first-order valence-corrected chi connectivity index (χ1v) is 9.66. The van der Waals surface area contributed by atoms with E-state index in [1.807, 2.05) is 47.9 Å². The van der Waals surface area contributed by atoms with Gasteiger partial charge in [0.1, 0.15) is 5.75 Å². The summed E-state index contributed by atoms with van der Waals surface area (Å²) in [7, 11) is 0. The summed E-state index contributed by atoms with van der Waals surface area (Å²) in [6.45, 7) is 10.8. The van der Waals surface area contributed by atoms with Crippen molar-refractivity contribution in [3.05, 3.63) is 29.8 Å². The molecule has 144 valence electrons. The zero-order chi connectivity index (χ0) is 19.1. The minimum atomic E-state index is 0.126. The highest BCUT2D eigenvalue weighted by Gasteiger charge is 2.22. The molecule has 1 heterocycles. The normalized spacial score (nSPS) is 15.3. The Labute approximate surface area is 157 Å². The average Bonchev–Trinajstić information content (AvgIpc) is 2.82. The molecule has 1 aliphatic heterocycles. The van der Waals surface area contributed by atoms with E-state index in [2.05, 4.69) is 13.8 Å². The summed E-state index contributed by atoms with van der Waals surface area (Å²) in [4.78, 5) is 28.7. The minimum absolute atomic E-state index is 0.126. The molecule has 26 heavy (non-hydrogen) atoms. The minimum Gasteiger partial charge on any atom is -0.491 e. The van der Waals surface area contributed by atoms with Crippen LogP contribution in [-0.2, 0) is 16.0 Å². The lowest BCUT2D eigenvalue weighted by molar-refractivity contribution is -0.133. The summed E-state index contributed by atoms with van der Waals surface area (Å²) >= 11 is 0. The van der Waals surface area contributed by atoms with Gasteiger partial charge in [-0.15, -0.1) is 0 Å². The van der Waals surface area contributed by atoms with Gasteiger partial charge < -0.3 is 14.5 Å². The summed E-state index contributed by atoms with van der Waals surface area (Å²) in [5.74, 6) is 1.52. The van der Waals surface area contributed by atoms with E-state index < -0.39 is 0 Å². The van der Waals surface area contributed by atoms with Gasteiger partial charge in [0, 0.05) is 32.6 Å². The van der Waals surface area contributed by atoms with Gasteiger partial charge in [-0.2, -0.15) is 0 Å². The van der Waals surface area contributed by atoms with Crippen LogP contribution in [-0.4, -0.2) is 53.9 Å². The number of hydrogen-bond acceptors (Lipinski definition) is 3. The number of rotatable bonds is 6. The number of benzene rings is 1. The molecule has 1 aromatic carbocycles. The third kappa shape index (κ3) is 6.36. The van der Waals surface area contributed by atoms with Crippen LogP contribution in [0.25, 0.3) is 0 Å². The Bertz CT molecular complexity index is 596.